The fourth-order valence-corrected chi connectivity index (χ4v) is 2.16. The summed E-state index contributed by atoms with van der Waals surface area (Å²) in [5, 5.41) is 9.68. The molecule has 0 aromatic rings. The van der Waals surface area contributed by atoms with Gasteiger partial charge in [-0.15, -0.1) is 0 Å². The van der Waals surface area contributed by atoms with E-state index in [1.807, 2.05) is 20.8 Å². The van der Waals surface area contributed by atoms with E-state index >= 15 is 0 Å². The first-order chi connectivity index (χ1) is 7.70. The predicted molar refractivity (Wildman–Crippen MR) is 66.8 cm³/mol. The molecule has 1 amide bonds. The number of carbonyl (C=O) groups is 1. The van der Waals surface area contributed by atoms with Crippen molar-refractivity contribution < 1.29 is 14.6 Å². The number of nitrogens with zero attached hydrogens (tertiary/aromatic N) is 1. The van der Waals surface area contributed by atoms with Gasteiger partial charge in [0.05, 0.1) is 6.10 Å². The molecule has 1 aliphatic rings. The number of hydrogen-bond donors (Lipinski definition) is 1. The van der Waals surface area contributed by atoms with E-state index in [0.29, 0.717) is 25.3 Å². The number of aliphatic hydroxyl groups is 1. The van der Waals surface area contributed by atoms with Crippen molar-refractivity contribution in [1.82, 2.24) is 4.90 Å². The summed E-state index contributed by atoms with van der Waals surface area (Å²) in [6.45, 7) is 10.3. The van der Waals surface area contributed by atoms with E-state index in [1.165, 1.54) is 0 Å². The van der Waals surface area contributed by atoms with E-state index in [0.717, 1.165) is 0 Å². The second kappa shape index (κ2) is 5.25. The van der Waals surface area contributed by atoms with Crippen molar-refractivity contribution in [2.24, 2.45) is 5.92 Å². The first-order valence-corrected chi connectivity index (χ1v) is 6.38. The molecule has 0 aromatic carbocycles. The van der Waals surface area contributed by atoms with Crippen molar-refractivity contribution in [2.75, 3.05) is 6.54 Å². The van der Waals surface area contributed by atoms with Gasteiger partial charge in [-0.25, -0.2) is 4.79 Å². The van der Waals surface area contributed by atoms with Crippen LogP contribution in [0.1, 0.15) is 47.5 Å². The third-order valence-electron chi connectivity index (χ3n) is 3.01. The maximum absolute atomic E-state index is 12.1. The zero-order valence-electron chi connectivity index (χ0n) is 11.6. The molecule has 1 fully saturated rings. The summed E-state index contributed by atoms with van der Waals surface area (Å²) in [4.78, 5) is 13.8. The quantitative estimate of drug-likeness (QED) is 0.769. The fraction of sp³-hybridized carbons (Fsp3) is 0.923. The lowest BCUT2D eigenvalue weighted by atomic mass is 9.91. The molecular weight excluding hydrogens is 218 g/mol. The van der Waals surface area contributed by atoms with E-state index in [1.54, 1.807) is 4.90 Å². The van der Waals surface area contributed by atoms with Gasteiger partial charge < -0.3 is 14.7 Å². The monoisotopic (exact) mass is 243 g/mol. The van der Waals surface area contributed by atoms with E-state index in [4.69, 9.17) is 4.74 Å². The molecule has 1 aliphatic heterocycles. The third-order valence-corrected chi connectivity index (χ3v) is 3.01. The van der Waals surface area contributed by atoms with E-state index in [-0.39, 0.29) is 18.2 Å². The van der Waals surface area contributed by atoms with Crippen molar-refractivity contribution in [3.05, 3.63) is 0 Å². The van der Waals surface area contributed by atoms with Crippen molar-refractivity contribution in [3.8, 4) is 0 Å². The van der Waals surface area contributed by atoms with Gasteiger partial charge in [-0.1, -0.05) is 13.8 Å². The Morgan fingerprint density at radius 2 is 2.00 bits per heavy atom. The molecule has 0 saturated carbocycles. The minimum absolute atomic E-state index is 0.0774. The summed E-state index contributed by atoms with van der Waals surface area (Å²) >= 11 is 0. The average molecular weight is 243 g/mol. The average Bonchev–Trinajstić information content (AvgIpc) is 2.14. The Morgan fingerprint density at radius 1 is 1.41 bits per heavy atom. The predicted octanol–water partition coefficient (Wildman–Crippen LogP) is 2.40. The molecule has 0 spiro atoms. The lowest BCUT2D eigenvalue weighted by Gasteiger charge is -2.40. The summed E-state index contributed by atoms with van der Waals surface area (Å²) < 4.78 is 5.40. The molecule has 4 heteroatoms. The molecule has 2 atom stereocenters. The molecule has 17 heavy (non-hydrogen) atoms. The number of aliphatic hydroxyl groups excluding tert-OH is 1. The van der Waals surface area contributed by atoms with Crippen molar-refractivity contribution in [1.29, 1.82) is 0 Å². The van der Waals surface area contributed by atoms with Crippen molar-refractivity contribution in [3.63, 3.8) is 0 Å². The number of likely N-dealkylation sites (tertiary alicyclic amines) is 1. The zero-order chi connectivity index (χ0) is 13.2. The van der Waals surface area contributed by atoms with Crippen molar-refractivity contribution in [2.45, 2.75) is 65.2 Å². The summed E-state index contributed by atoms with van der Waals surface area (Å²) in [5.41, 5.74) is -0.464. The Bertz CT molecular complexity index is 270. The Balaban J connectivity index is 2.70. The van der Waals surface area contributed by atoms with Crippen LogP contribution in [0.15, 0.2) is 0 Å². The third kappa shape index (κ3) is 4.19. The summed E-state index contributed by atoms with van der Waals surface area (Å²) in [6.07, 6.45) is 0.739. The lowest BCUT2D eigenvalue weighted by molar-refractivity contribution is -0.0164. The molecule has 0 aromatic heterocycles. The van der Waals surface area contributed by atoms with Gasteiger partial charge >= 0.3 is 6.09 Å². The fourth-order valence-electron chi connectivity index (χ4n) is 2.16. The molecule has 1 rings (SSSR count). The van der Waals surface area contributed by atoms with Crippen LogP contribution in [0, 0.1) is 5.92 Å². The van der Waals surface area contributed by atoms with Gasteiger partial charge in [0.1, 0.15) is 5.60 Å². The molecule has 1 saturated heterocycles. The van der Waals surface area contributed by atoms with Crippen molar-refractivity contribution >= 4 is 6.09 Å². The molecule has 0 unspecified atom stereocenters. The summed E-state index contributed by atoms with van der Waals surface area (Å²) in [5.74, 6) is 0.331. The van der Waals surface area contributed by atoms with Gasteiger partial charge in [0.25, 0.3) is 0 Å². The summed E-state index contributed by atoms with van der Waals surface area (Å²) in [6, 6.07) is 0.0774. The number of ether oxygens (including phenoxy) is 1. The Labute approximate surface area is 104 Å². The molecule has 0 bridgehead atoms. The molecule has 1 heterocycles. The molecule has 0 radical (unpaired) electrons. The largest absolute Gasteiger partial charge is 0.444 e. The van der Waals surface area contributed by atoms with Crippen LogP contribution >= 0.6 is 0 Å². The van der Waals surface area contributed by atoms with Crippen LogP contribution in [0.2, 0.25) is 0 Å². The second-order valence-corrected chi connectivity index (χ2v) is 6.16. The highest BCUT2D eigenvalue weighted by atomic mass is 16.6. The first kappa shape index (κ1) is 14.3. The highest BCUT2D eigenvalue weighted by Gasteiger charge is 2.34. The molecule has 4 nitrogen and oxygen atoms in total. The zero-order valence-corrected chi connectivity index (χ0v) is 11.6. The minimum atomic E-state index is -0.464. The molecule has 0 aliphatic carbocycles. The topological polar surface area (TPSA) is 49.8 Å². The highest BCUT2D eigenvalue weighted by Crippen LogP contribution is 2.25. The maximum Gasteiger partial charge on any atom is 0.410 e. The number of piperidine rings is 1. The van der Waals surface area contributed by atoms with Gasteiger partial charge in [0.2, 0.25) is 0 Å². The second-order valence-electron chi connectivity index (χ2n) is 6.16. The highest BCUT2D eigenvalue weighted by molar-refractivity contribution is 5.68. The number of carbonyl (C=O) groups excluding carboxylic acids is 1. The SMILES string of the molecule is CC(C)[C@@H]1C[C@H](O)CCN1C(=O)OC(C)(C)C. The van der Waals surface area contributed by atoms with E-state index < -0.39 is 5.60 Å². The maximum atomic E-state index is 12.1. The molecule has 100 valence electrons. The van der Waals surface area contributed by atoms with Crippen LogP contribution in [0.5, 0.6) is 0 Å². The Morgan fingerprint density at radius 3 is 2.47 bits per heavy atom. The van der Waals surface area contributed by atoms with Gasteiger partial charge in [-0.05, 0) is 39.5 Å². The first-order valence-electron chi connectivity index (χ1n) is 6.38. The van der Waals surface area contributed by atoms with Gasteiger partial charge in [-0.3, -0.25) is 0 Å². The normalized spacial score (nSPS) is 26.2. The molecule has 1 N–H and O–H groups in total. The minimum Gasteiger partial charge on any atom is -0.444 e. The summed E-state index contributed by atoms with van der Waals surface area (Å²) in [7, 11) is 0. The van der Waals surface area contributed by atoms with Crippen LogP contribution < -0.4 is 0 Å². The number of amides is 1. The molecular formula is C13H25NO3. The standard InChI is InChI=1S/C13H25NO3/c1-9(2)11-8-10(15)6-7-14(11)12(16)17-13(3,4)5/h9-11,15H,6-8H2,1-5H3/t10-,11+/m1/s1. The number of rotatable bonds is 1. The van der Waals surface area contributed by atoms with Crippen LogP contribution in [0.3, 0.4) is 0 Å². The van der Waals surface area contributed by atoms with Crippen LogP contribution in [0.25, 0.3) is 0 Å². The van der Waals surface area contributed by atoms with Gasteiger partial charge in [0, 0.05) is 12.6 Å². The van der Waals surface area contributed by atoms with Crippen LogP contribution in [-0.2, 0) is 4.74 Å². The lowest BCUT2D eigenvalue weighted by Crippen LogP contribution is -2.51. The van der Waals surface area contributed by atoms with Crippen LogP contribution in [-0.4, -0.2) is 40.4 Å². The number of hydrogen-bond acceptors (Lipinski definition) is 3. The van der Waals surface area contributed by atoms with Crippen LogP contribution in [0.4, 0.5) is 4.79 Å². The van der Waals surface area contributed by atoms with Gasteiger partial charge in [0.15, 0.2) is 0 Å². The van der Waals surface area contributed by atoms with E-state index in [9.17, 15) is 9.90 Å². The Kier molecular flexibility index (Phi) is 4.42. The van der Waals surface area contributed by atoms with Gasteiger partial charge in [-0.2, -0.15) is 0 Å². The smallest absolute Gasteiger partial charge is 0.410 e. The Hall–Kier alpha value is -0.770. The van der Waals surface area contributed by atoms with E-state index in [2.05, 4.69) is 13.8 Å².